The van der Waals surface area contributed by atoms with Crippen molar-refractivity contribution in [3.05, 3.63) is 59.7 Å². The van der Waals surface area contributed by atoms with Gasteiger partial charge in [-0.05, 0) is 50.1 Å². The number of carbonyl (C=O) groups is 1. The van der Waals surface area contributed by atoms with Gasteiger partial charge >= 0.3 is 0 Å². The number of halogens is 1. The number of aryl methyl sites for hydroxylation is 1. The summed E-state index contributed by atoms with van der Waals surface area (Å²) in [5, 5.41) is 6.88. The molecular formula is C23H32IN5O2. The third-order valence-electron chi connectivity index (χ3n) is 4.97. The summed E-state index contributed by atoms with van der Waals surface area (Å²) in [4.78, 5) is 18.0. The van der Waals surface area contributed by atoms with Crippen molar-refractivity contribution in [2.75, 3.05) is 31.1 Å². The van der Waals surface area contributed by atoms with Gasteiger partial charge in [-0.2, -0.15) is 0 Å². The SMILES string of the molecule is CCNC(=NCc1cccc(OCC(N)=O)c1)NC1CCN(c2ccc(C)cc2)C1.I. The van der Waals surface area contributed by atoms with Gasteiger partial charge in [0.2, 0.25) is 0 Å². The number of amides is 1. The second-order valence-electron chi connectivity index (χ2n) is 7.51. The molecule has 8 heteroatoms. The van der Waals surface area contributed by atoms with Gasteiger partial charge in [-0.15, -0.1) is 24.0 Å². The fraction of sp³-hybridized carbons (Fsp3) is 0.391. The molecule has 1 atom stereocenters. The molecule has 1 unspecified atom stereocenters. The second-order valence-corrected chi connectivity index (χ2v) is 7.51. The third kappa shape index (κ3) is 7.93. The lowest BCUT2D eigenvalue weighted by molar-refractivity contribution is -0.119. The molecule has 1 saturated heterocycles. The number of hydrogen-bond acceptors (Lipinski definition) is 4. The zero-order valence-electron chi connectivity index (χ0n) is 18.1. The molecule has 1 fully saturated rings. The minimum atomic E-state index is -0.492. The Balaban J connectivity index is 0.00000341. The van der Waals surface area contributed by atoms with Gasteiger partial charge in [-0.1, -0.05) is 29.8 Å². The van der Waals surface area contributed by atoms with E-state index in [1.54, 1.807) is 6.07 Å². The highest BCUT2D eigenvalue weighted by Gasteiger charge is 2.23. The quantitative estimate of drug-likeness (QED) is 0.274. The lowest BCUT2D eigenvalue weighted by atomic mass is 10.2. The number of rotatable bonds is 8. The Labute approximate surface area is 201 Å². The fourth-order valence-corrected chi connectivity index (χ4v) is 3.44. The van der Waals surface area contributed by atoms with Gasteiger partial charge in [0.1, 0.15) is 5.75 Å². The molecule has 168 valence electrons. The molecule has 0 spiro atoms. The first-order valence-corrected chi connectivity index (χ1v) is 10.4. The van der Waals surface area contributed by atoms with Crippen LogP contribution in [0.1, 0.15) is 24.5 Å². The van der Waals surface area contributed by atoms with Crippen LogP contribution < -0.4 is 26.0 Å². The Morgan fingerprint density at radius 1 is 1.26 bits per heavy atom. The molecule has 31 heavy (non-hydrogen) atoms. The first kappa shape index (κ1) is 24.8. The van der Waals surface area contributed by atoms with Gasteiger partial charge < -0.3 is 26.0 Å². The molecule has 1 aliphatic heterocycles. The molecule has 0 aromatic heterocycles. The van der Waals surface area contributed by atoms with Crippen molar-refractivity contribution in [1.82, 2.24) is 10.6 Å². The van der Waals surface area contributed by atoms with Crippen molar-refractivity contribution in [3.63, 3.8) is 0 Å². The Morgan fingerprint density at radius 3 is 2.74 bits per heavy atom. The smallest absolute Gasteiger partial charge is 0.255 e. The van der Waals surface area contributed by atoms with E-state index in [1.807, 2.05) is 18.2 Å². The molecule has 4 N–H and O–H groups in total. The summed E-state index contributed by atoms with van der Waals surface area (Å²) in [7, 11) is 0. The van der Waals surface area contributed by atoms with Crippen molar-refractivity contribution in [2.24, 2.45) is 10.7 Å². The van der Waals surface area contributed by atoms with Crippen LogP contribution in [0.3, 0.4) is 0 Å². The summed E-state index contributed by atoms with van der Waals surface area (Å²) in [6.45, 7) is 7.32. The highest BCUT2D eigenvalue weighted by molar-refractivity contribution is 14.0. The number of nitrogens with two attached hydrogens (primary N) is 1. The predicted molar refractivity (Wildman–Crippen MR) is 136 cm³/mol. The lowest BCUT2D eigenvalue weighted by Crippen LogP contribution is -2.44. The second kappa shape index (κ2) is 12.4. The van der Waals surface area contributed by atoms with Crippen molar-refractivity contribution < 1.29 is 9.53 Å². The van der Waals surface area contributed by atoms with Crippen molar-refractivity contribution in [3.8, 4) is 5.75 Å². The molecule has 2 aromatic carbocycles. The summed E-state index contributed by atoms with van der Waals surface area (Å²) in [6.07, 6.45) is 1.06. The summed E-state index contributed by atoms with van der Waals surface area (Å²) >= 11 is 0. The molecule has 0 radical (unpaired) electrons. The van der Waals surface area contributed by atoms with E-state index in [2.05, 4.69) is 53.6 Å². The molecule has 0 aliphatic carbocycles. The number of ether oxygens (including phenoxy) is 1. The Hall–Kier alpha value is -2.49. The Bertz CT molecular complexity index is 873. The number of carbonyl (C=O) groups excluding carboxylic acids is 1. The summed E-state index contributed by atoms with van der Waals surface area (Å²) < 4.78 is 5.37. The van der Waals surface area contributed by atoms with Crippen LogP contribution in [-0.4, -0.2) is 44.1 Å². The third-order valence-corrected chi connectivity index (χ3v) is 4.97. The number of nitrogens with one attached hydrogen (secondary N) is 2. The van der Waals surface area contributed by atoms with E-state index in [4.69, 9.17) is 15.5 Å². The van der Waals surface area contributed by atoms with Gasteiger partial charge in [0.25, 0.3) is 5.91 Å². The zero-order chi connectivity index (χ0) is 21.3. The van der Waals surface area contributed by atoms with E-state index < -0.39 is 5.91 Å². The number of primary amides is 1. The van der Waals surface area contributed by atoms with E-state index in [-0.39, 0.29) is 30.6 Å². The van der Waals surface area contributed by atoms with Gasteiger partial charge in [-0.3, -0.25) is 4.79 Å². The molecule has 3 rings (SSSR count). The van der Waals surface area contributed by atoms with Gasteiger partial charge in [0.05, 0.1) is 6.54 Å². The normalized spacial score (nSPS) is 15.9. The highest BCUT2D eigenvalue weighted by Crippen LogP contribution is 2.21. The van der Waals surface area contributed by atoms with E-state index in [1.165, 1.54) is 11.3 Å². The van der Waals surface area contributed by atoms with E-state index in [0.717, 1.165) is 37.6 Å². The van der Waals surface area contributed by atoms with Crippen molar-refractivity contribution in [2.45, 2.75) is 32.9 Å². The standard InChI is InChI=1S/C23H31N5O2.HI/c1-3-25-23(26-14-18-5-4-6-21(13-18)30-16-22(24)29)27-19-11-12-28(15-19)20-9-7-17(2)8-10-20;/h4-10,13,19H,3,11-12,14-16H2,1-2H3,(H2,24,29)(H2,25,26,27);1H. The number of nitrogens with zero attached hydrogens (tertiary/aromatic N) is 2. The maximum absolute atomic E-state index is 10.9. The Kier molecular flexibility index (Phi) is 9.90. The largest absolute Gasteiger partial charge is 0.484 e. The summed E-state index contributed by atoms with van der Waals surface area (Å²) in [5.41, 5.74) is 8.68. The summed E-state index contributed by atoms with van der Waals surface area (Å²) in [5.74, 6) is 0.925. The average Bonchev–Trinajstić information content (AvgIpc) is 3.20. The topological polar surface area (TPSA) is 92.0 Å². The molecule has 7 nitrogen and oxygen atoms in total. The Morgan fingerprint density at radius 2 is 2.03 bits per heavy atom. The first-order valence-electron chi connectivity index (χ1n) is 10.4. The fourth-order valence-electron chi connectivity index (χ4n) is 3.44. The first-order chi connectivity index (χ1) is 14.5. The van der Waals surface area contributed by atoms with Crippen LogP contribution in [0.5, 0.6) is 5.75 Å². The van der Waals surface area contributed by atoms with Gasteiger partial charge in [0.15, 0.2) is 12.6 Å². The van der Waals surface area contributed by atoms with E-state index >= 15 is 0 Å². The van der Waals surface area contributed by atoms with Crippen molar-refractivity contribution >= 4 is 41.5 Å². The number of aliphatic imine (C=N–C) groups is 1. The van der Waals surface area contributed by atoms with Crippen LogP contribution >= 0.6 is 24.0 Å². The van der Waals surface area contributed by atoms with Crippen LogP contribution in [0.4, 0.5) is 5.69 Å². The van der Waals surface area contributed by atoms with Crippen LogP contribution in [0, 0.1) is 6.92 Å². The molecule has 1 heterocycles. The van der Waals surface area contributed by atoms with Crippen LogP contribution in [0.15, 0.2) is 53.5 Å². The number of hydrogen-bond donors (Lipinski definition) is 3. The molecule has 1 aliphatic rings. The molecule has 1 amide bonds. The number of benzene rings is 2. The molecular weight excluding hydrogens is 505 g/mol. The molecule has 0 saturated carbocycles. The van der Waals surface area contributed by atoms with Crippen LogP contribution in [0.25, 0.3) is 0 Å². The lowest BCUT2D eigenvalue weighted by Gasteiger charge is -2.20. The summed E-state index contributed by atoms with van der Waals surface area (Å²) in [6, 6.07) is 16.6. The van der Waals surface area contributed by atoms with Crippen molar-refractivity contribution in [1.29, 1.82) is 0 Å². The van der Waals surface area contributed by atoms with E-state index in [9.17, 15) is 4.79 Å². The minimum absolute atomic E-state index is 0. The van der Waals surface area contributed by atoms with Crippen LogP contribution in [-0.2, 0) is 11.3 Å². The number of anilines is 1. The molecule has 0 bridgehead atoms. The monoisotopic (exact) mass is 537 g/mol. The van der Waals surface area contributed by atoms with E-state index in [0.29, 0.717) is 18.3 Å². The molecule has 2 aromatic rings. The highest BCUT2D eigenvalue weighted by atomic mass is 127. The van der Waals surface area contributed by atoms with Gasteiger partial charge in [-0.25, -0.2) is 4.99 Å². The number of guanidine groups is 1. The predicted octanol–water partition coefficient (Wildman–Crippen LogP) is 2.81. The van der Waals surface area contributed by atoms with Crippen LogP contribution in [0.2, 0.25) is 0 Å². The maximum atomic E-state index is 10.9. The maximum Gasteiger partial charge on any atom is 0.255 e. The average molecular weight is 537 g/mol. The van der Waals surface area contributed by atoms with Gasteiger partial charge in [0, 0.05) is 31.4 Å². The zero-order valence-corrected chi connectivity index (χ0v) is 20.5. The minimum Gasteiger partial charge on any atom is -0.484 e.